The Morgan fingerprint density at radius 2 is 2.20 bits per heavy atom. The van der Waals surface area contributed by atoms with Gasteiger partial charge in [-0.25, -0.2) is 9.79 Å². The second-order valence-corrected chi connectivity index (χ2v) is 7.84. The Morgan fingerprint density at radius 3 is 2.88 bits per heavy atom. The van der Waals surface area contributed by atoms with Crippen LogP contribution in [-0.4, -0.2) is 33.8 Å². The van der Waals surface area contributed by atoms with Gasteiger partial charge >= 0.3 is 5.97 Å². The number of amides is 1. The molecule has 25 heavy (non-hydrogen) atoms. The summed E-state index contributed by atoms with van der Waals surface area (Å²) in [5, 5.41) is 0.385. The average Bonchev–Trinajstić information content (AvgIpc) is 2.86. The Kier molecular flexibility index (Phi) is 5.15. The number of ether oxygens (including phenoxy) is 1. The fourth-order valence-corrected chi connectivity index (χ4v) is 4.40. The van der Waals surface area contributed by atoms with Crippen LogP contribution in [0.5, 0.6) is 0 Å². The van der Waals surface area contributed by atoms with E-state index in [1.807, 2.05) is 31.2 Å². The second-order valence-electron chi connectivity index (χ2n) is 5.67. The molecular weight excluding hydrogens is 404 g/mol. The summed E-state index contributed by atoms with van der Waals surface area (Å²) in [6.45, 7) is 7.29. The highest BCUT2D eigenvalue weighted by Gasteiger charge is 2.46. The number of aliphatic imine (C=N–C) groups is 1. The van der Waals surface area contributed by atoms with E-state index in [1.54, 1.807) is 11.8 Å². The zero-order chi connectivity index (χ0) is 18.1. The van der Waals surface area contributed by atoms with E-state index in [-0.39, 0.29) is 17.8 Å². The van der Waals surface area contributed by atoms with Crippen molar-refractivity contribution in [2.24, 2.45) is 4.99 Å². The molecule has 1 amide bonds. The first-order valence-electron chi connectivity index (χ1n) is 7.77. The number of hydrogen-bond donors (Lipinski definition) is 0. The molecule has 5 nitrogen and oxygen atoms in total. The summed E-state index contributed by atoms with van der Waals surface area (Å²) in [7, 11) is 0. The largest absolute Gasteiger partial charge is 0.458 e. The molecule has 0 saturated carbocycles. The fraction of sp³-hybridized carbons (Fsp3) is 0.278. The Balaban J connectivity index is 2.15. The lowest BCUT2D eigenvalue weighted by atomic mass is 9.94. The highest BCUT2D eigenvalue weighted by Crippen LogP contribution is 2.44. The summed E-state index contributed by atoms with van der Waals surface area (Å²) in [4.78, 5) is 31.5. The maximum atomic E-state index is 12.7. The molecule has 0 radical (unpaired) electrons. The van der Waals surface area contributed by atoms with Crippen molar-refractivity contribution in [2.45, 2.75) is 25.1 Å². The second kappa shape index (κ2) is 7.17. The molecule has 2 aliphatic rings. The minimum absolute atomic E-state index is 0.0639. The van der Waals surface area contributed by atoms with Crippen molar-refractivity contribution in [2.75, 3.05) is 6.61 Å². The van der Waals surface area contributed by atoms with Crippen molar-refractivity contribution in [3.05, 3.63) is 58.2 Å². The van der Waals surface area contributed by atoms with Crippen LogP contribution in [0.15, 0.2) is 57.7 Å². The summed E-state index contributed by atoms with van der Waals surface area (Å²) in [6.07, 6.45) is 1.51. The van der Waals surface area contributed by atoms with Gasteiger partial charge in [-0.2, -0.15) is 0 Å². The topological polar surface area (TPSA) is 59.0 Å². The molecule has 0 bridgehead atoms. The molecule has 7 heteroatoms. The van der Waals surface area contributed by atoms with Gasteiger partial charge in [0.15, 0.2) is 5.17 Å². The van der Waals surface area contributed by atoms with Crippen molar-refractivity contribution in [1.82, 2.24) is 4.90 Å². The number of rotatable bonds is 4. The van der Waals surface area contributed by atoms with E-state index in [0.717, 1.165) is 10.0 Å². The number of carbonyl (C=O) groups is 2. The maximum absolute atomic E-state index is 12.7. The fourth-order valence-electron chi connectivity index (χ4n) is 2.87. The summed E-state index contributed by atoms with van der Waals surface area (Å²) in [5.41, 5.74) is 1.76. The lowest BCUT2D eigenvalue weighted by Gasteiger charge is -2.33. The number of amidine groups is 1. The van der Waals surface area contributed by atoms with Crippen LogP contribution in [0.4, 0.5) is 0 Å². The van der Waals surface area contributed by atoms with Crippen molar-refractivity contribution in [1.29, 1.82) is 0 Å². The molecule has 1 saturated heterocycles. The Bertz CT molecular complexity index is 818. The van der Waals surface area contributed by atoms with E-state index >= 15 is 0 Å². The molecule has 2 heterocycles. The first-order valence-corrected chi connectivity index (χ1v) is 9.44. The van der Waals surface area contributed by atoms with Crippen molar-refractivity contribution >= 4 is 44.7 Å². The van der Waals surface area contributed by atoms with Gasteiger partial charge in [0, 0.05) is 4.47 Å². The van der Waals surface area contributed by atoms with E-state index in [4.69, 9.17) is 4.74 Å². The van der Waals surface area contributed by atoms with Gasteiger partial charge in [-0.05, 0) is 25.5 Å². The molecule has 1 fully saturated rings. The van der Waals surface area contributed by atoms with Crippen molar-refractivity contribution in [3.8, 4) is 0 Å². The van der Waals surface area contributed by atoms with Crippen LogP contribution in [0.25, 0.3) is 0 Å². The van der Waals surface area contributed by atoms with Gasteiger partial charge in [-0.3, -0.25) is 9.69 Å². The number of esters is 1. The molecule has 2 aliphatic heterocycles. The monoisotopic (exact) mass is 420 g/mol. The number of nitrogens with zero attached hydrogens (tertiary/aromatic N) is 2. The summed E-state index contributed by atoms with van der Waals surface area (Å²) in [5.74, 6) is -0.552. The minimum atomic E-state index is -0.564. The summed E-state index contributed by atoms with van der Waals surface area (Å²) < 4.78 is 6.08. The van der Waals surface area contributed by atoms with Crippen molar-refractivity contribution in [3.63, 3.8) is 0 Å². The Labute approximate surface area is 159 Å². The predicted molar refractivity (Wildman–Crippen MR) is 102 cm³/mol. The maximum Gasteiger partial charge on any atom is 0.338 e. The molecule has 1 aromatic carbocycles. The molecule has 0 aromatic heterocycles. The SMILES string of the molecule is C=CCOC(=O)C1=C(C)N=C2SC(C)C(=O)N2C1c1ccccc1Br. The van der Waals surface area contributed by atoms with Gasteiger partial charge in [0.25, 0.3) is 0 Å². The minimum Gasteiger partial charge on any atom is -0.458 e. The molecule has 3 rings (SSSR count). The zero-order valence-corrected chi connectivity index (χ0v) is 16.3. The first kappa shape index (κ1) is 17.9. The number of halogens is 1. The number of thioether (sulfide) groups is 1. The van der Waals surface area contributed by atoms with E-state index < -0.39 is 12.0 Å². The van der Waals surface area contributed by atoms with Crippen LogP contribution in [-0.2, 0) is 14.3 Å². The standard InChI is InChI=1S/C18H17BrN2O3S/c1-4-9-24-17(23)14-10(2)20-18-21(16(22)11(3)25-18)15(14)12-7-5-6-8-13(12)19/h4-8,11,15H,1,9H2,2-3H3. The van der Waals surface area contributed by atoms with E-state index in [1.165, 1.54) is 17.8 Å². The molecule has 130 valence electrons. The summed E-state index contributed by atoms with van der Waals surface area (Å²) in [6, 6.07) is 6.99. The number of carbonyl (C=O) groups excluding carboxylic acids is 2. The normalized spacial score (nSPS) is 22.6. The van der Waals surface area contributed by atoms with Crippen LogP contribution in [0.1, 0.15) is 25.5 Å². The van der Waals surface area contributed by atoms with E-state index in [9.17, 15) is 9.59 Å². The number of hydrogen-bond acceptors (Lipinski definition) is 5. The predicted octanol–water partition coefficient (Wildman–Crippen LogP) is 3.83. The smallest absolute Gasteiger partial charge is 0.338 e. The zero-order valence-electron chi connectivity index (χ0n) is 13.9. The molecule has 0 N–H and O–H groups in total. The molecule has 1 aromatic rings. The quantitative estimate of drug-likeness (QED) is 0.548. The Hall–Kier alpha value is -1.86. The van der Waals surface area contributed by atoms with Gasteiger partial charge in [0.1, 0.15) is 6.61 Å². The Morgan fingerprint density at radius 1 is 1.48 bits per heavy atom. The molecule has 2 atom stereocenters. The third-order valence-corrected chi connectivity index (χ3v) is 5.79. The lowest BCUT2D eigenvalue weighted by molar-refractivity contribution is -0.139. The third kappa shape index (κ3) is 3.18. The lowest BCUT2D eigenvalue weighted by Crippen LogP contribution is -2.40. The number of fused-ring (bicyclic) bond motifs is 1. The van der Waals surface area contributed by atoms with E-state index in [2.05, 4.69) is 27.5 Å². The molecule has 0 aliphatic carbocycles. The van der Waals surface area contributed by atoms with Crippen LogP contribution in [0.3, 0.4) is 0 Å². The van der Waals surface area contributed by atoms with Crippen LogP contribution in [0, 0.1) is 0 Å². The van der Waals surface area contributed by atoms with Gasteiger partial charge in [-0.15, -0.1) is 0 Å². The molecular formula is C18H17BrN2O3S. The van der Waals surface area contributed by atoms with Crippen LogP contribution >= 0.6 is 27.7 Å². The summed E-state index contributed by atoms with van der Waals surface area (Å²) >= 11 is 4.94. The van der Waals surface area contributed by atoms with E-state index in [0.29, 0.717) is 16.4 Å². The average molecular weight is 421 g/mol. The van der Waals surface area contributed by atoms with Crippen molar-refractivity contribution < 1.29 is 14.3 Å². The van der Waals surface area contributed by atoms with Crippen LogP contribution in [0.2, 0.25) is 0 Å². The molecule has 0 spiro atoms. The first-order chi connectivity index (χ1) is 12.0. The van der Waals surface area contributed by atoms with Gasteiger partial charge in [0.2, 0.25) is 5.91 Å². The third-order valence-electron chi connectivity index (χ3n) is 4.01. The number of allylic oxidation sites excluding steroid dienone is 1. The van der Waals surface area contributed by atoms with Gasteiger partial charge < -0.3 is 4.74 Å². The highest BCUT2D eigenvalue weighted by molar-refractivity contribution is 9.10. The van der Waals surface area contributed by atoms with Crippen LogP contribution < -0.4 is 0 Å². The molecule has 2 unspecified atom stereocenters. The van der Waals surface area contributed by atoms with Gasteiger partial charge in [0.05, 0.1) is 22.6 Å². The number of benzene rings is 1. The highest BCUT2D eigenvalue weighted by atomic mass is 79.9. The van der Waals surface area contributed by atoms with Gasteiger partial charge in [-0.1, -0.05) is 58.5 Å².